The molecule has 0 saturated carbocycles. The number of carbonyl (C=O) groups excluding carboxylic acids is 2. The molecule has 1 aliphatic rings. The van der Waals surface area contributed by atoms with Crippen LogP contribution >= 0.6 is 0 Å². The highest BCUT2D eigenvalue weighted by atomic mass is 16.5. The van der Waals surface area contributed by atoms with E-state index in [1.807, 2.05) is 6.07 Å². The monoisotopic (exact) mass is 335 g/mol. The number of esters is 1. The summed E-state index contributed by atoms with van der Waals surface area (Å²) in [5.41, 5.74) is 1.37. The number of benzene rings is 1. The Morgan fingerprint density at radius 2 is 1.75 bits per heavy atom. The van der Waals surface area contributed by atoms with Gasteiger partial charge in [-0.3, -0.25) is 9.59 Å². The van der Waals surface area contributed by atoms with Crippen molar-refractivity contribution in [1.29, 1.82) is 0 Å². The van der Waals surface area contributed by atoms with Crippen molar-refractivity contribution >= 4 is 11.9 Å². The van der Waals surface area contributed by atoms with Gasteiger partial charge >= 0.3 is 5.97 Å². The average Bonchev–Trinajstić information content (AvgIpc) is 2.61. The van der Waals surface area contributed by atoms with Crippen molar-refractivity contribution in [1.82, 2.24) is 5.32 Å². The normalized spacial score (nSPS) is 20.4. The fourth-order valence-corrected chi connectivity index (χ4v) is 3.05. The highest BCUT2D eigenvalue weighted by Crippen LogP contribution is 1.95. The van der Waals surface area contributed by atoms with Gasteiger partial charge in [0.25, 0.3) is 5.91 Å². The van der Waals surface area contributed by atoms with E-state index in [-0.39, 0.29) is 11.9 Å². The van der Waals surface area contributed by atoms with Crippen LogP contribution in [-0.2, 0) is 20.9 Å². The van der Waals surface area contributed by atoms with Crippen molar-refractivity contribution in [3.05, 3.63) is 35.9 Å². The molecule has 0 atom stereocenters. The van der Waals surface area contributed by atoms with Crippen LogP contribution in [0.2, 0.25) is 0 Å². The number of hydrogen-bond donors (Lipinski definition) is 3. The number of carbonyl (C=O) groups is 2. The lowest BCUT2D eigenvalue weighted by Crippen LogP contribution is -3.28. The zero-order valence-electron chi connectivity index (χ0n) is 14.5. The zero-order chi connectivity index (χ0) is 17.2. The molecule has 24 heavy (non-hydrogen) atoms. The summed E-state index contributed by atoms with van der Waals surface area (Å²) in [7, 11) is 1.38. The van der Waals surface area contributed by atoms with Gasteiger partial charge in [0.1, 0.15) is 32.7 Å². The van der Waals surface area contributed by atoms with Crippen LogP contribution in [0.5, 0.6) is 0 Å². The van der Waals surface area contributed by atoms with E-state index in [0.29, 0.717) is 25.9 Å². The Labute approximate surface area is 143 Å². The summed E-state index contributed by atoms with van der Waals surface area (Å²) < 4.78 is 4.57. The van der Waals surface area contributed by atoms with Crippen LogP contribution in [0, 0.1) is 0 Å². The topological polar surface area (TPSA) is 64.3 Å². The van der Waals surface area contributed by atoms with Crippen molar-refractivity contribution in [2.45, 2.75) is 19.4 Å². The van der Waals surface area contributed by atoms with E-state index < -0.39 is 0 Å². The number of nitrogens with one attached hydrogen (secondary N) is 3. The summed E-state index contributed by atoms with van der Waals surface area (Å²) in [6, 6.07) is 10.6. The number of amides is 1. The van der Waals surface area contributed by atoms with Gasteiger partial charge in [-0.1, -0.05) is 30.3 Å². The number of quaternary nitrogens is 2. The van der Waals surface area contributed by atoms with Gasteiger partial charge in [0.15, 0.2) is 6.54 Å². The lowest BCUT2D eigenvalue weighted by Gasteiger charge is -2.29. The quantitative estimate of drug-likeness (QED) is 0.382. The maximum absolute atomic E-state index is 11.9. The fourth-order valence-electron chi connectivity index (χ4n) is 3.05. The summed E-state index contributed by atoms with van der Waals surface area (Å²) in [6.45, 7) is 6.37. The molecule has 0 spiro atoms. The van der Waals surface area contributed by atoms with Crippen LogP contribution in [0.1, 0.15) is 18.4 Å². The second kappa shape index (κ2) is 10.1. The van der Waals surface area contributed by atoms with Gasteiger partial charge in [-0.15, -0.1) is 0 Å². The minimum atomic E-state index is -0.229. The Kier molecular flexibility index (Phi) is 7.71. The summed E-state index contributed by atoms with van der Waals surface area (Å²) in [6.07, 6.45) is 0.980. The predicted molar refractivity (Wildman–Crippen MR) is 90.7 cm³/mol. The van der Waals surface area contributed by atoms with E-state index in [9.17, 15) is 9.59 Å². The standard InChI is InChI=1S/C18H27N3O3/c1-24-18(23)8-5-9-19-17(22)15-21-12-10-20(11-13-21)14-16-6-3-2-4-7-16/h2-4,6-7H,5,8-15H2,1H3,(H,19,22)/p+2. The number of rotatable bonds is 8. The van der Waals surface area contributed by atoms with Gasteiger partial charge in [-0.05, 0) is 6.42 Å². The van der Waals surface area contributed by atoms with E-state index in [0.717, 1.165) is 32.7 Å². The molecule has 1 aromatic carbocycles. The van der Waals surface area contributed by atoms with E-state index in [1.165, 1.54) is 17.6 Å². The molecule has 1 fully saturated rings. The van der Waals surface area contributed by atoms with Gasteiger partial charge in [0, 0.05) is 18.5 Å². The Morgan fingerprint density at radius 3 is 2.42 bits per heavy atom. The van der Waals surface area contributed by atoms with Crippen LogP contribution in [0.25, 0.3) is 0 Å². The third-order valence-electron chi connectivity index (χ3n) is 4.48. The van der Waals surface area contributed by atoms with Crippen molar-refractivity contribution in [3.63, 3.8) is 0 Å². The van der Waals surface area contributed by atoms with Crippen molar-refractivity contribution in [3.8, 4) is 0 Å². The van der Waals surface area contributed by atoms with Crippen LogP contribution in [0.15, 0.2) is 30.3 Å². The van der Waals surface area contributed by atoms with Crippen molar-refractivity contribution in [2.24, 2.45) is 0 Å². The third-order valence-corrected chi connectivity index (χ3v) is 4.48. The predicted octanol–water partition coefficient (Wildman–Crippen LogP) is -1.96. The number of ether oxygens (including phenoxy) is 1. The number of methoxy groups -OCH3 is 1. The molecule has 0 bridgehead atoms. The Morgan fingerprint density at radius 1 is 1.08 bits per heavy atom. The molecule has 1 saturated heterocycles. The van der Waals surface area contributed by atoms with Crippen LogP contribution in [-0.4, -0.2) is 58.3 Å². The molecule has 0 aliphatic carbocycles. The van der Waals surface area contributed by atoms with Crippen molar-refractivity contribution < 1.29 is 24.1 Å². The van der Waals surface area contributed by atoms with Gasteiger partial charge in [-0.2, -0.15) is 0 Å². The molecular weight excluding hydrogens is 306 g/mol. The molecule has 1 aliphatic heterocycles. The number of piperazine rings is 1. The summed E-state index contributed by atoms with van der Waals surface area (Å²) in [4.78, 5) is 25.9. The molecule has 6 heteroatoms. The van der Waals surface area contributed by atoms with E-state index in [1.54, 1.807) is 4.90 Å². The highest BCUT2D eigenvalue weighted by Gasteiger charge is 2.24. The molecule has 6 nitrogen and oxygen atoms in total. The molecule has 1 aromatic rings. The minimum absolute atomic E-state index is 0.0707. The van der Waals surface area contributed by atoms with Gasteiger partial charge in [0.2, 0.25) is 0 Å². The van der Waals surface area contributed by atoms with Gasteiger partial charge < -0.3 is 19.9 Å². The summed E-state index contributed by atoms with van der Waals surface area (Å²) in [5.74, 6) is -0.159. The van der Waals surface area contributed by atoms with Gasteiger partial charge in [-0.25, -0.2) is 0 Å². The lowest BCUT2D eigenvalue weighted by molar-refractivity contribution is -1.02. The first-order valence-electron chi connectivity index (χ1n) is 8.72. The van der Waals surface area contributed by atoms with Crippen molar-refractivity contribution in [2.75, 3.05) is 46.4 Å². The first kappa shape index (κ1) is 18.4. The molecule has 132 valence electrons. The van der Waals surface area contributed by atoms with Crippen LogP contribution in [0.4, 0.5) is 0 Å². The largest absolute Gasteiger partial charge is 0.469 e. The molecule has 0 unspecified atom stereocenters. The lowest BCUT2D eigenvalue weighted by atomic mass is 10.2. The Hall–Kier alpha value is -1.92. The maximum Gasteiger partial charge on any atom is 0.305 e. The fraction of sp³-hybridized carbons (Fsp3) is 0.556. The number of hydrogen-bond acceptors (Lipinski definition) is 3. The van der Waals surface area contributed by atoms with E-state index in [4.69, 9.17) is 0 Å². The smallest absolute Gasteiger partial charge is 0.305 e. The second-order valence-corrected chi connectivity index (χ2v) is 6.37. The Balaban J connectivity index is 1.58. The van der Waals surface area contributed by atoms with Crippen LogP contribution < -0.4 is 15.1 Å². The van der Waals surface area contributed by atoms with E-state index in [2.05, 4.69) is 34.3 Å². The zero-order valence-corrected chi connectivity index (χ0v) is 14.5. The molecule has 3 N–H and O–H groups in total. The summed E-state index contributed by atoms with van der Waals surface area (Å²) >= 11 is 0. The average molecular weight is 335 g/mol. The molecule has 1 amide bonds. The molecule has 1 heterocycles. The molecule has 0 radical (unpaired) electrons. The first-order valence-corrected chi connectivity index (χ1v) is 8.72. The molecule has 2 rings (SSSR count). The van der Waals surface area contributed by atoms with Gasteiger partial charge in [0.05, 0.1) is 7.11 Å². The molecular formula is C18H29N3O3+2. The highest BCUT2D eigenvalue weighted by molar-refractivity contribution is 5.76. The minimum Gasteiger partial charge on any atom is -0.469 e. The first-order chi connectivity index (χ1) is 11.7. The summed E-state index contributed by atoms with van der Waals surface area (Å²) in [5, 5.41) is 2.89. The van der Waals surface area contributed by atoms with E-state index >= 15 is 0 Å². The third kappa shape index (κ3) is 6.68. The van der Waals surface area contributed by atoms with Crippen LogP contribution in [0.3, 0.4) is 0 Å². The molecule has 0 aromatic heterocycles. The maximum atomic E-state index is 11.9. The Bertz CT molecular complexity index is 514. The second-order valence-electron chi connectivity index (χ2n) is 6.37. The SMILES string of the molecule is COC(=O)CCCNC(=O)C[NH+]1CC[NH+](Cc2ccccc2)CC1.